The molecule has 1 aromatic rings. The number of amides is 1. The summed E-state index contributed by atoms with van der Waals surface area (Å²) in [5.41, 5.74) is 2.24. The van der Waals surface area contributed by atoms with Crippen LogP contribution in [0.4, 0.5) is 0 Å². The van der Waals surface area contributed by atoms with E-state index in [1.54, 1.807) is 0 Å². The molecule has 0 saturated carbocycles. The predicted octanol–water partition coefficient (Wildman–Crippen LogP) is 1.74. The maximum absolute atomic E-state index is 12.2. The van der Waals surface area contributed by atoms with Gasteiger partial charge in [0.2, 0.25) is 0 Å². The number of nitriles is 1. The van der Waals surface area contributed by atoms with E-state index in [1.807, 2.05) is 36.9 Å². The fourth-order valence-corrected chi connectivity index (χ4v) is 2.54. The second kappa shape index (κ2) is 7.81. The Morgan fingerprint density at radius 3 is 2.68 bits per heavy atom. The third-order valence-electron chi connectivity index (χ3n) is 4.17. The Morgan fingerprint density at radius 1 is 1.27 bits per heavy atom. The molecule has 0 unspecified atom stereocenters. The minimum atomic E-state index is 0.0286. The van der Waals surface area contributed by atoms with Gasteiger partial charge in [0.05, 0.1) is 6.07 Å². The van der Waals surface area contributed by atoms with Gasteiger partial charge in [0, 0.05) is 39.1 Å². The van der Waals surface area contributed by atoms with Crippen molar-refractivity contribution >= 4 is 5.91 Å². The summed E-state index contributed by atoms with van der Waals surface area (Å²) in [6.07, 6.45) is 0.545. The lowest BCUT2D eigenvalue weighted by molar-refractivity contribution is -0.135. The molecule has 0 N–H and O–H groups in total. The van der Waals surface area contributed by atoms with Gasteiger partial charge in [0.25, 0.3) is 5.91 Å². The fourth-order valence-electron chi connectivity index (χ4n) is 2.54. The van der Waals surface area contributed by atoms with Crippen LogP contribution in [0.25, 0.3) is 0 Å². The predicted molar refractivity (Wildman–Crippen MR) is 84.7 cm³/mol. The summed E-state index contributed by atoms with van der Waals surface area (Å²) in [6, 6.07) is 8.03. The van der Waals surface area contributed by atoms with E-state index in [0.717, 1.165) is 36.5 Å². The molecular formula is C17H23N3O2. The molecule has 1 heterocycles. The molecule has 118 valence electrons. The standard InChI is InChI=1S/C17H23N3O2/c1-14-5-3-6-16(15(14)2)22-13-17(21)20-11-9-19(10-12-20)8-4-7-18/h3,5-6H,4,8-13H2,1-2H3. The monoisotopic (exact) mass is 301 g/mol. The minimum absolute atomic E-state index is 0.0286. The van der Waals surface area contributed by atoms with Crippen LogP contribution in [-0.4, -0.2) is 55.0 Å². The van der Waals surface area contributed by atoms with Crippen LogP contribution in [0.2, 0.25) is 0 Å². The molecule has 0 atom stereocenters. The van der Waals surface area contributed by atoms with E-state index in [1.165, 1.54) is 0 Å². The largest absolute Gasteiger partial charge is 0.483 e. The van der Waals surface area contributed by atoms with Gasteiger partial charge in [-0.15, -0.1) is 0 Å². The molecule has 0 bridgehead atoms. The van der Waals surface area contributed by atoms with Crippen molar-refractivity contribution in [2.75, 3.05) is 39.3 Å². The number of hydrogen-bond donors (Lipinski definition) is 0. The summed E-state index contributed by atoms with van der Waals surface area (Å²) < 4.78 is 5.68. The average Bonchev–Trinajstić information content (AvgIpc) is 2.54. The third kappa shape index (κ3) is 4.22. The van der Waals surface area contributed by atoms with Crippen LogP contribution in [-0.2, 0) is 4.79 Å². The van der Waals surface area contributed by atoms with Gasteiger partial charge < -0.3 is 9.64 Å². The highest BCUT2D eigenvalue weighted by atomic mass is 16.5. The van der Waals surface area contributed by atoms with Crippen LogP contribution in [0.1, 0.15) is 17.5 Å². The number of ether oxygens (including phenoxy) is 1. The van der Waals surface area contributed by atoms with Crippen molar-refractivity contribution < 1.29 is 9.53 Å². The van der Waals surface area contributed by atoms with Crippen LogP contribution >= 0.6 is 0 Å². The maximum atomic E-state index is 12.2. The van der Waals surface area contributed by atoms with Crippen LogP contribution in [0.5, 0.6) is 5.75 Å². The Labute approximate surface area is 132 Å². The Kier molecular flexibility index (Phi) is 5.79. The van der Waals surface area contributed by atoms with Gasteiger partial charge in [-0.1, -0.05) is 12.1 Å². The molecule has 0 aliphatic carbocycles. The molecule has 0 aromatic heterocycles. The first-order valence-corrected chi connectivity index (χ1v) is 7.68. The summed E-state index contributed by atoms with van der Waals surface area (Å²) in [5.74, 6) is 0.807. The van der Waals surface area contributed by atoms with Gasteiger partial charge in [0.15, 0.2) is 6.61 Å². The molecule has 0 spiro atoms. The topological polar surface area (TPSA) is 56.6 Å². The van der Waals surface area contributed by atoms with E-state index in [-0.39, 0.29) is 12.5 Å². The fraction of sp³-hybridized carbons (Fsp3) is 0.529. The number of carbonyl (C=O) groups excluding carboxylic acids is 1. The minimum Gasteiger partial charge on any atom is -0.483 e. The Bertz CT molecular complexity index is 558. The summed E-state index contributed by atoms with van der Waals surface area (Å²) >= 11 is 0. The molecule has 2 rings (SSSR count). The lowest BCUT2D eigenvalue weighted by Crippen LogP contribution is -2.50. The quantitative estimate of drug-likeness (QED) is 0.831. The van der Waals surface area contributed by atoms with Crippen LogP contribution in [0, 0.1) is 25.2 Å². The third-order valence-corrected chi connectivity index (χ3v) is 4.17. The van der Waals surface area contributed by atoms with Crippen molar-refractivity contribution in [2.45, 2.75) is 20.3 Å². The lowest BCUT2D eigenvalue weighted by atomic mass is 10.1. The Morgan fingerprint density at radius 2 is 2.00 bits per heavy atom. The summed E-state index contributed by atoms with van der Waals surface area (Å²) in [4.78, 5) is 16.3. The normalized spacial score (nSPS) is 15.4. The van der Waals surface area contributed by atoms with E-state index < -0.39 is 0 Å². The number of piperazine rings is 1. The summed E-state index contributed by atoms with van der Waals surface area (Å²) in [6.45, 7) is 7.99. The van der Waals surface area contributed by atoms with Gasteiger partial charge in [-0.25, -0.2) is 0 Å². The van der Waals surface area contributed by atoms with Gasteiger partial charge in [-0.2, -0.15) is 5.26 Å². The molecule has 1 saturated heterocycles. The number of aryl methyl sites for hydroxylation is 1. The molecule has 1 aromatic carbocycles. The number of carbonyl (C=O) groups is 1. The Balaban J connectivity index is 1.79. The van der Waals surface area contributed by atoms with Crippen LogP contribution in [0.3, 0.4) is 0 Å². The Hall–Kier alpha value is -2.06. The molecule has 1 fully saturated rings. The average molecular weight is 301 g/mol. The van der Waals surface area contributed by atoms with E-state index in [2.05, 4.69) is 11.0 Å². The molecule has 1 aliphatic rings. The van der Waals surface area contributed by atoms with Crippen molar-refractivity contribution in [1.82, 2.24) is 9.80 Å². The van der Waals surface area contributed by atoms with Gasteiger partial charge in [0.1, 0.15) is 5.75 Å². The molecular weight excluding hydrogens is 278 g/mol. The second-order valence-electron chi connectivity index (χ2n) is 5.62. The second-order valence-corrected chi connectivity index (χ2v) is 5.62. The van der Waals surface area contributed by atoms with E-state index in [0.29, 0.717) is 19.5 Å². The highest BCUT2D eigenvalue weighted by molar-refractivity contribution is 5.78. The molecule has 0 radical (unpaired) electrons. The maximum Gasteiger partial charge on any atom is 0.260 e. The van der Waals surface area contributed by atoms with Crippen molar-refractivity contribution in [1.29, 1.82) is 5.26 Å². The van der Waals surface area contributed by atoms with E-state index in [4.69, 9.17) is 10.00 Å². The molecule has 5 heteroatoms. The SMILES string of the molecule is Cc1cccc(OCC(=O)N2CCN(CCC#N)CC2)c1C. The highest BCUT2D eigenvalue weighted by Gasteiger charge is 2.21. The van der Waals surface area contributed by atoms with Crippen molar-refractivity contribution in [2.24, 2.45) is 0 Å². The zero-order valence-corrected chi connectivity index (χ0v) is 13.3. The van der Waals surface area contributed by atoms with Gasteiger partial charge >= 0.3 is 0 Å². The van der Waals surface area contributed by atoms with Crippen LogP contribution < -0.4 is 4.74 Å². The van der Waals surface area contributed by atoms with Crippen molar-refractivity contribution in [3.63, 3.8) is 0 Å². The van der Waals surface area contributed by atoms with Crippen molar-refractivity contribution in [3.8, 4) is 11.8 Å². The highest BCUT2D eigenvalue weighted by Crippen LogP contribution is 2.20. The smallest absolute Gasteiger partial charge is 0.260 e. The zero-order valence-electron chi connectivity index (χ0n) is 13.3. The lowest BCUT2D eigenvalue weighted by Gasteiger charge is -2.34. The first kappa shape index (κ1) is 16.3. The number of benzene rings is 1. The summed E-state index contributed by atoms with van der Waals surface area (Å²) in [5, 5.41) is 8.60. The first-order chi connectivity index (χ1) is 10.6. The van der Waals surface area contributed by atoms with Crippen molar-refractivity contribution in [3.05, 3.63) is 29.3 Å². The number of rotatable bonds is 5. The first-order valence-electron chi connectivity index (χ1n) is 7.68. The molecule has 22 heavy (non-hydrogen) atoms. The molecule has 1 amide bonds. The zero-order chi connectivity index (χ0) is 15.9. The molecule has 1 aliphatic heterocycles. The van der Waals surface area contributed by atoms with E-state index >= 15 is 0 Å². The number of nitrogens with zero attached hydrogens (tertiary/aromatic N) is 3. The molecule has 5 nitrogen and oxygen atoms in total. The van der Waals surface area contributed by atoms with E-state index in [9.17, 15) is 4.79 Å². The van der Waals surface area contributed by atoms with Crippen LogP contribution in [0.15, 0.2) is 18.2 Å². The number of hydrogen-bond acceptors (Lipinski definition) is 4. The van der Waals surface area contributed by atoms with Gasteiger partial charge in [-0.3, -0.25) is 9.69 Å². The van der Waals surface area contributed by atoms with Gasteiger partial charge in [-0.05, 0) is 31.0 Å². The summed E-state index contributed by atoms with van der Waals surface area (Å²) in [7, 11) is 0.